The molecule has 0 aliphatic heterocycles. The number of hydrogen-bond acceptors (Lipinski definition) is 3. The lowest BCUT2D eigenvalue weighted by Gasteiger charge is -2.23. The van der Waals surface area contributed by atoms with Crippen LogP contribution >= 0.6 is 15.9 Å². The lowest BCUT2D eigenvalue weighted by Crippen LogP contribution is -2.46. The average Bonchev–Trinajstić information content (AvgIpc) is 2.37. The SMILES string of the molecule is CCNCc1cc(OC(C)C(=O)NC(C)(C)C)ccc1Br. The Kier molecular flexibility index (Phi) is 6.68. The van der Waals surface area contributed by atoms with Gasteiger partial charge in [-0.25, -0.2) is 0 Å². The first kappa shape index (κ1) is 18.0. The second-order valence-corrected chi connectivity index (χ2v) is 6.89. The van der Waals surface area contributed by atoms with Crippen molar-refractivity contribution >= 4 is 21.8 Å². The number of nitrogens with one attached hydrogen (secondary N) is 2. The molecule has 1 amide bonds. The van der Waals surface area contributed by atoms with Gasteiger partial charge in [0.1, 0.15) is 5.75 Å². The zero-order valence-electron chi connectivity index (χ0n) is 13.4. The van der Waals surface area contributed by atoms with Crippen LogP contribution in [-0.2, 0) is 11.3 Å². The topological polar surface area (TPSA) is 50.4 Å². The molecule has 0 aliphatic carbocycles. The Morgan fingerprint density at radius 2 is 2.05 bits per heavy atom. The molecule has 21 heavy (non-hydrogen) atoms. The Morgan fingerprint density at radius 3 is 2.62 bits per heavy atom. The number of hydrogen-bond donors (Lipinski definition) is 2. The Balaban J connectivity index is 2.71. The molecule has 118 valence electrons. The lowest BCUT2D eigenvalue weighted by atomic mass is 10.1. The van der Waals surface area contributed by atoms with Crippen molar-refractivity contribution in [3.63, 3.8) is 0 Å². The summed E-state index contributed by atoms with van der Waals surface area (Å²) in [7, 11) is 0. The third-order valence-corrected chi connectivity index (χ3v) is 3.54. The summed E-state index contributed by atoms with van der Waals surface area (Å²) in [5, 5.41) is 6.19. The highest BCUT2D eigenvalue weighted by molar-refractivity contribution is 9.10. The quantitative estimate of drug-likeness (QED) is 0.822. The van der Waals surface area contributed by atoms with Crippen molar-refractivity contribution in [3.8, 4) is 5.75 Å². The molecule has 0 fully saturated rings. The first-order valence-corrected chi connectivity index (χ1v) is 8.00. The van der Waals surface area contributed by atoms with Gasteiger partial charge in [0.2, 0.25) is 0 Å². The van der Waals surface area contributed by atoms with Crippen molar-refractivity contribution in [2.24, 2.45) is 0 Å². The van der Waals surface area contributed by atoms with Gasteiger partial charge in [-0.2, -0.15) is 0 Å². The molecule has 0 aromatic heterocycles. The Morgan fingerprint density at radius 1 is 1.38 bits per heavy atom. The van der Waals surface area contributed by atoms with Crippen molar-refractivity contribution in [1.29, 1.82) is 0 Å². The van der Waals surface area contributed by atoms with E-state index in [0.29, 0.717) is 5.75 Å². The summed E-state index contributed by atoms with van der Waals surface area (Å²) >= 11 is 3.52. The van der Waals surface area contributed by atoms with Crippen molar-refractivity contribution in [1.82, 2.24) is 10.6 Å². The van der Waals surface area contributed by atoms with E-state index in [1.165, 1.54) is 0 Å². The normalized spacial score (nSPS) is 12.9. The van der Waals surface area contributed by atoms with Gasteiger partial charge in [0.25, 0.3) is 5.91 Å². The lowest BCUT2D eigenvalue weighted by molar-refractivity contribution is -0.128. The van der Waals surface area contributed by atoms with Crippen LogP contribution in [0.3, 0.4) is 0 Å². The molecule has 0 spiro atoms. The van der Waals surface area contributed by atoms with Crippen LogP contribution < -0.4 is 15.4 Å². The van der Waals surface area contributed by atoms with Crippen molar-refractivity contribution in [2.75, 3.05) is 6.54 Å². The number of amides is 1. The third kappa shape index (κ3) is 6.48. The number of carbonyl (C=O) groups excluding carboxylic acids is 1. The molecular formula is C16H25BrN2O2. The third-order valence-electron chi connectivity index (χ3n) is 2.76. The van der Waals surface area contributed by atoms with E-state index in [1.807, 2.05) is 39.0 Å². The van der Waals surface area contributed by atoms with Crippen LogP contribution in [-0.4, -0.2) is 24.1 Å². The van der Waals surface area contributed by atoms with Gasteiger partial charge in [0.15, 0.2) is 6.10 Å². The summed E-state index contributed by atoms with van der Waals surface area (Å²) in [6.07, 6.45) is -0.530. The van der Waals surface area contributed by atoms with E-state index in [4.69, 9.17) is 4.74 Å². The molecule has 1 atom stereocenters. The molecule has 0 radical (unpaired) electrons. The summed E-state index contributed by atoms with van der Waals surface area (Å²) in [6.45, 7) is 11.3. The highest BCUT2D eigenvalue weighted by Gasteiger charge is 2.20. The van der Waals surface area contributed by atoms with Crippen LogP contribution in [0.25, 0.3) is 0 Å². The molecule has 1 aromatic carbocycles. The fourth-order valence-corrected chi connectivity index (χ4v) is 2.14. The molecule has 0 saturated carbocycles. The first-order valence-electron chi connectivity index (χ1n) is 7.20. The molecule has 4 nitrogen and oxygen atoms in total. The highest BCUT2D eigenvalue weighted by atomic mass is 79.9. The van der Waals surface area contributed by atoms with Crippen LogP contribution in [0.2, 0.25) is 0 Å². The maximum absolute atomic E-state index is 12.0. The summed E-state index contributed by atoms with van der Waals surface area (Å²) in [6, 6.07) is 5.75. The van der Waals surface area contributed by atoms with E-state index in [2.05, 4.69) is 33.5 Å². The van der Waals surface area contributed by atoms with Crippen LogP contribution in [0.1, 0.15) is 40.2 Å². The predicted octanol–water partition coefficient (Wildman–Crippen LogP) is 3.24. The van der Waals surface area contributed by atoms with Crippen molar-refractivity contribution in [2.45, 2.75) is 52.8 Å². The van der Waals surface area contributed by atoms with E-state index in [-0.39, 0.29) is 11.4 Å². The molecule has 2 N–H and O–H groups in total. The number of rotatable bonds is 6. The van der Waals surface area contributed by atoms with Crippen molar-refractivity contribution in [3.05, 3.63) is 28.2 Å². The minimum absolute atomic E-state index is 0.112. The number of ether oxygens (including phenoxy) is 1. The van der Waals surface area contributed by atoms with Crippen LogP contribution in [0, 0.1) is 0 Å². The number of benzene rings is 1. The standard InChI is InChI=1S/C16H25BrN2O2/c1-6-18-10-12-9-13(7-8-14(12)17)21-11(2)15(20)19-16(3,4)5/h7-9,11,18H,6,10H2,1-5H3,(H,19,20). The summed E-state index contributed by atoms with van der Waals surface area (Å²) < 4.78 is 6.77. The number of halogens is 1. The smallest absolute Gasteiger partial charge is 0.261 e. The Labute approximate surface area is 135 Å². The summed E-state index contributed by atoms with van der Waals surface area (Å²) in [5.41, 5.74) is 0.850. The minimum Gasteiger partial charge on any atom is -0.481 e. The second kappa shape index (κ2) is 7.80. The molecule has 0 aliphatic rings. The van der Waals surface area contributed by atoms with E-state index in [0.717, 1.165) is 23.1 Å². The fraction of sp³-hybridized carbons (Fsp3) is 0.562. The highest BCUT2D eigenvalue weighted by Crippen LogP contribution is 2.23. The predicted molar refractivity (Wildman–Crippen MR) is 89.5 cm³/mol. The van der Waals surface area contributed by atoms with Gasteiger partial charge in [0.05, 0.1) is 0 Å². The monoisotopic (exact) mass is 356 g/mol. The maximum atomic E-state index is 12.0. The molecule has 1 rings (SSSR count). The van der Waals surface area contributed by atoms with Gasteiger partial charge in [-0.3, -0.25) is 4.79 Å². The zero-order valence-corrected chi connectivity index (χ0v) is 15.0. The largest absolute Gasteiger partial charge is 0.481 e. The van der Waals surface area contributed by atoms with Gasteiger partial charge in [-0.05, 0) is 58.0 Å². The maximum Gasteiger partial charge on any atom is 0.261 e. The molecule has 0 saturated heterocycles. The van der Waals surface area contributed by atoms with E-state index in [1.54, 1.807) is 6.92 Å². The molecular weight excluding hydrogens is 332 g/mol. The molecule has 1 unspecified atom stereocenters. The van der Waals surface area contributed by atoms with Gasteiger partial charge in [-0.15, -0.1) is 0 Å². The van der Waals surface area contributed by atoms with Gasteiger partial charge in [0, 0.05) is 16.6 Å². The summed E-state index contributed by atoms with van der Waals surface area (Å²) in [5.74, 6) is 0.585. The molecule has 1 aromatic rings. The summed E-state index contributed by atoms with van der Waals surface area (Å²) in [4.78, 5) is 12.0. The van der Waals surface area contributed by atoms with E-state index >= 15 is 0 Å². The van der Waals surface area contributed by atoms with Gasteiger partial charge < -0.3 is 15.4 Å². The fourth-order valence-electron chi connectivity index (χ4n) is 1.75. The average molecular weight is 357 g/mol. The van der Waals surface area contributed by atoms with Crippen LogP contribution in [0.5, 0.6) is 5.75 Å². The van der Waals surface area contributed by atoms with Gasteiger partial charge >= 0.3 is 0 Å². The van der Waals surface area contributed by atoms with Crippen LogP contribution in [0.15, 0.2) is 22.7 Å². The molecule has 0 bridgehead atoms. The van der Waals surface area contributed by atoms with E-state index in [9.17, 15) is 4.79 Å². The van der Waals surface area contributed by atoms with E-state index < -0.39 is 6.10 Å². The van der Waals surface area contributed by atoms with Crippen molar-refractivity contribution < 1.29 is 9.53 Å². The first-order chi connectivity index (χ1) is 9.73. The minimum atomic E-state index is -0.530. The second-order valence-electron chi connectivity index (χ2n) is 6.03. The Hall–Kier alpha value is -1.07. The Bertz CT molecular complexity index is 484. The number of carbonyl (C=O) groups is 1. The van der Waals surface area contributed by atoms with Gasteiger partial charge in [-0.1, -0.05) is 22.9 Å². The molecule has 0 heterocycles. The molecule has 5 heteroatoms. The van der Waals surface area contributed by atoms with Crippen LogP contribution in [0.4, 0.5) is 0 Å². The zero-order chi connectivity index (χ0) is 16.0.